The monoisotopic (exact) mass is 273 g/mol. The highest BCUT2D eigenvalue weighted by atomic mass is 79.9. The quantitative estimate of drug-likeness (QED) is 0.889. The molecule has 1 atom stereocenters. The number of rotatable bonds is 3. The molecule has 1 fully saturated rings. The van der Waals surface area contributed by atoms with Crippen LogP contribution < -0.4 is 5.73 Å². The van der Waals surface area contributed by atoms with Gasteiger partial charge in [-0.25, -0.2) is 0 Å². The first-order chi connectivity index (χ1) is 6.66. The Kier molecular flexibility index (Phi) is 3.15. The maximum atomic E-state index is 6.12. The first kappa shape index (κ1) is 10.5. The molecule has 0 saturated heterocycles. The molecular formula is C11H13BrClN. The van der Waals surface area contributed by atoms with E-state index >= 15 is 0 Å². The average molecular weight is 275 g/mol. The lowest BCUT2D eigenvalue weighted by atomic mass is 10.0. The molecule has 0 spiro atoms. The van der Waals surface area contributed by atoms with Crippen molar-refractivity contribution in [1.82, 2.24) is 0 Å². The summed E-state index contributed by atoms with van der Waals surface area (Å²) in [6.45, 7) is 0. The number of benzene rings is 1. The van der Waals surface area contributed by atoms with Crippen molar-refractivity contribution in [3.63, 3.8) is 0 Å². The van der Waals surface area contributed by atoms with E-state index in [9.17, 15) is 0 Å². The van der Waals surface area contributed by atoms with Crippen molar-refractivity contribution in [2.24, 2.45) is 11.7 Å². The fourth-order valence-electron chi connectivity index (χ4n) is 1.64. The van der Waals surface area contributed by atoms with Gasteiger partial charge in [-0.05, 0) is 30.0 Å². The van der Waals surface area contributed by atoms with Crippen molar-refractivity contribution < 1.29 is 0 Å². The smallest absolute Gasteiger partial charge is 0.0464 e. The average Bonchev–Trinajstić information content (AvgIpc) is 2.87. The van der Waals surface area contributed by atoms with E-state index in [-0.39, 0.29) is 6.04 Å². The van der Waals surface area contributed by atoms with Crippen molar-refractivity contribution in [3.05, 3.63) is 33.3 Å². The lowest BCUT2D eigenvalue weighted by Gasteiger charge is -2.13. The predicted octanol–water partition coefficient (Wildman–Crippen LogP) is 3.90. The van der Waals surface area contributed by atoms with Crippen LogP contribution in [0.15, 0.2) is 22.7 Å². The third-order valence-corrected chi connectivity index (χ3v) is 3.47. The molecule has 2 N–H and O–H groups in total. The summed E-state index contributed by atoms with van der Waals surface area (Å²) in [5, 5.41) is 0.771. The first-order valence-electron chi connectivity index (χ1n) is 4.87. The summed E-state index contributed by atoms with van der Waals surface area (Å²) in [6, 6.07) is 6.01. The summed E-state index contributed by atoms with van der Waals surface area (Å²) in [7, 11) is 0. The Morgan fingerprint density at radius 2 is 2.21 bits per heavy atom. The Labute approximate surface area is 97.8 Å². The summed E-state index contributed by atoms with van der Waals surface area (Å²) in [6.07, 6.45) is 3.74. The Morgan fingerprint density at radius 1 is 1.50 bits per heavy atom. The van der Waals surface area contributed by atoms with Crippen LogP contribution in [-0.2, 0) is 0 Å². The molecule has 3 heteroatoms. The molecule has 1 aromatic rings. The van der Waals surface area contributed by atoms with Crippen LogP contribution in [0.25, 0.3) is 0 Å². The van der Waals surface area contributed by atoms with Gasteiger partial charge in [0, 0.05) is 15.5 Å². The molecule has 14 heavy (non-hydrogen) atoms. The van der Waals surface area contributed by atoms with Gasteiger partial charge in [0.1, 0.15) is 0 Å². The maximum Gasteiger partial charge on any atom is 0.0464 e. The third-order valence-electron chi connectivity index (χ3n) is 2.65. The number of halogens is 2. The van der Waals surface area contributed by atoms with E-state index in [2.05, 4.69) is 15.9 Å². The molecule has 0 aromatic heterocycles. The van der Waals surface area contributed by atoms with Crippen LogP contribution in [0.1, 0.15) is 30.9 Å². The number of hydrogen-bond donors (Lipinski definition) is 1. The zero-order valence-electron chi connectivity index (χ0n) is 7.84. The molecule has 1 aliphatic carbocycles. The lowest BCUT2D eigenvalue weighted by molar-refractivity contribution is 0.597. The highest BCUT2D eigenvalue weighted by Gasteiger charge is 2.25. The zero-order valence-corrected chi connectivity index (χ0v) is 10.2. The summed E-state index contributed by atoms with van der Waals surface area (Å²) in [5.74, 6) is 0.838. The first-order valence-corrected chi connectivity index (χ1v) is 6.04. The SMILES string of the molecule is N[C@@H](CC1CC1)c1ccc(Br)cc1Cl. The van der Waals surface area contributed by atoms with Crippen molar-refractivity contribution in [2.45, 2.75) is 25.3 Å². The van der Waals surface area contributed by atoms with Gasteiger partial charge in [-0.3, -0.25) is 0 Å². The summed E-state index contributed by atoms with van der Waals surface area (Å²) in [5.41, 5.74) is 7.16. The van der Waals surface area contributed by atoms with Gasteiger partial charge in [0.2, 0.25) is 0 Å². The second kappa shape index (κ2) is 4.21. The van der Waals surface area contributed by atoms with Crippen molar-refractivity contribution >= 4 is 27.5 Å². The normalized spacial score (nSPS) is 18.2. The van der Waals surface area contributed by atoms with Crippen molar-refractivity contribution in [2.75, 3.05) is 0 Å². The van der Waals surface area contributed by atoms with E-state index < -0.39 is 0 Å². The van der Waals surface area contributed by atoms with Gasteiger partial charge in [0.05, 0.1) is 0 Å². The molecule has 1 nitrogen and oxygen atoms in total. The van der Waals surface area contributed by atoms with Crippen LogP contribution in [0, 0.1) is 5.92 Å². The van der Waals surface area contributed by atoms with E-state index in [0.29, 0.717) is 0 Å². The van der Waals surface area contributed by atoms with Crippen molar-refractivity contribution in [3.8, 4) is 0 Å². The summed E-state index contributed by atoms with van der Waals surface area (Å²) in [4.78, 5) is 0. The minimum absolute atomic E-state index is 0.100. The predicted molar refractivity (Wildman–Crippen MR) is 63.4 cm³/mol. The third kappa shape index (κ3) is 2.50. The Morgan fingerprint density at radius 3 is 2.79 bits per heavy atom. The van der Waals surface area contributed by atoms with Gasteiger partial charge in [0.15, 0.2) is 0 Å². The minimum atomic E-state index is 0.100. The molecule has 1 aliphatic rings. The molecule has 0 bridgehead atoms. The van der Waals surface area contributed by atoms with Gasteiger partial charge >= 0.3 is 0 Å². The lowest BCUT2D eigenvalue weighted by Crippen LogP contribution is -2.11. The van der Waals surface area contributed by atoms with Crippen LogP contribution in [0.3, 0.4) is 0 Å². The Hall–Kier alpha value is -0.0500. The molecule has 0 unspecified atom stereocenters. The van der Waals surface area contributed by atoms with Crippen LogP contribution in [0.2, 0.25) is 5.02 Å². The van der Waals surface area contributed by atoms with Crippen LogP contribution in [0.4, 0.5) is 0 Å². The van der Waals surface area contributed by atoms with Crippen LogP contribution in [0.5, 0.6) is 0 Å². The molecule has 2 rings (SSSR count). The topological polar surface area (TPSA) is 26.0 Å². The van der Waals surface area contributed by atoms with E-state index in [1.165, 1.54) is 12.8 Å². The van der Waals surface area contributed by atoms with Gasteiger partial charge in [-0.2, -0.15) is 0 Å². The molecule has 0 aliphatic heterocycles. The van der Waals surface area contributed by atoms with Crippen molar-refractivity contribution in [1.29, 1.82) is 0 Å². The van der Waals surface area contributed by atoms with E-state index in [4.69, 9.17) is 17.3 Å². The van der Waals surface area contributed by atoms with Crippen LogP contribution in [-0.4, -0.2) is 0 Å². The van der Waals surface area contributed by atoms with Crippen LogP contribution >= 0.6 is 27.5 Å². The molecule has 0 heterocycles. The van der Waals surface area contributed by atoms with Gasteiger partial charge in [0.25, 0.3) is 0 Å². The highest BCUT2D eigenvalue weighted by Crippen LogP contribution is 2.38. The fourth-order valence-corrected chi connectivity index (χ4v) is 2.46. The summed E-state index contributed by atoms with van der Waals surface area (Å²) < 4.78 is 1.00. The Bertz CT molecular complexity index is 336. The highest BCUT2D eigenvalue weighted by molar-refractivity contribution is 9.10. The van der Waals surface area contributed by atoms with E-state index in [1.807, 2.05) is 18.2 Å². The van der Waals surface area contributed by atoms with Gasteiger partial charge in [-0.1, -0.05) is 46.4 Å². The molecule has 1 saturated carbocycles. The van der Waals surface area contributed by atoms with Gasteiger partial charge < -0.3 is 5.73 Å². The zero-order chi connectivity index (χ0) is 10.1. The number of nitrogens with two attached hydrogens (primary N) is 1. The van der Waals surface area contributed by atoms with Gasteiger partial charge in [-0.15, -0.1) is 0 Å². The molecule has 76 valence electrons. The van der Waals surface area contributed by atoms with E-state index in [0.717, 1.165) is 27.4 Å². The fraction of sp³-hybridized carbons (Fsp3) is 0.455. The summed E-state index contributed by atoms with van der Waals surface area (Å²) >= 11 is 9.50. The Balaban J connectivity index is 2.13. The molecule has 0 amide bonds. The minimum Gasteiger partial charge on any atom is -0.324 e. The maximum absolute atomic E-state index is 6.12. The number of hydrogen-bond acceptors (Lipinski definition) is 1. The largest absolute Gasteiger partial charge is 0.324 e. The second-order valence-electron chi connectivity index (χ2n) is 3.95. The second-order valence-corrected chi connectivity index (χ2v) is 5.27. The van der Waals surface area contributed by atoms with E-state index in [1.54, 1.807) is 0 Å². The molecule has 1 aromatic carbocycles. The molecule has 0 radical (unpaired) electrons. The standard InChI is InChI=1S/C11H13BrClN/c12-8-3-4-9(10(13)6-8)11(14)5-7-1-2-7/h3-4,6-7,11H,1-2,5,14H2/t11-/m0/s1. The molecular weight excluding hydrogens is 261 g/mol.